The maximum absolute atomic E-state index is 11.3. The quantitative estimate of drug-likeness (QED) is 0.488. The second kappa shape index (κ2) is 1.74. The molecule has 0 heterocycles. The van der Waals surface area contributed by atoms with Gasteiger partial charge in [-0.25, -0.2) is 0 Å². The van der Waals surface area contributed by atoms with Crippen molar-refractivity contribution in [2.45, 2.75) is 12.3 Å². The SMILES string of the molecule is CC(=O)C(F)(F)Cl. The zero-order chi connectivity index (χ0) is 6.08. The summed E-state index contributed by atoms with van der Waals surface area (Å²) in [6.45, 7) is 0.729. The molecule has 0 amide bonds. The van der Waals surface area contributed by atoms with Crippen LogP contribution in [0.4, 0.5) is 8.78 Å². The van der Waals surface area contributed by atoms with Crippen molar-refractivity contribution >= 4 is 17.4 Å². The average Bonchev–Trinajstić information content (AvgIpc) is 1.31. The summed E-state index contributed by atoms with van der Waals surface area (Å²) in [5.41, 5.74) is 0. The van der Waals surface area contributed by atoms with E-state index in [1.807, 2.05) is 0 Å². The van der Waals surface area contributed by atoms with Gasteiger partial charge >= 0.3 is 5.38 Å². The Morgan fingerprint density at radius 2 is 1.86 bits per heavy atom. The molecule has 0 bridgehead atoms. The van der Waals surface area contributed by atoms with E-state index in [1.54, 1.807) is 0 Å². The molecule has 0 saturated carbocycles. The number of carbonyl (C=O) groups is 1. The highest BCUT2D eigenvalue weighted by molar-refractivity contribution is 6.32. The molecule has 1 nitrogen and oxygen atoms in total. The summed E-state index contributed by atoms with van der Waals surface area (Å²) in [5.74, 6) is -1.32. The number of alkyl halides is 3. The van der Waals surface area contributed by atoms with E-state index in [0.717, 1.165) is 6.92 Å². The number of Topliss-reactive ketones (excluding diaryl/α,β-unsaturated/α-hetero) is 1. The molecule has 0 aromatic carbocycles. The second-order valence-electron chi connectivity index (χ2n) is 1.05. The van der Waals surface area contributed by atoms with E-state index >= 15 is 0 Å². The molecule has 0 atom stereocenters. The van der Waals surface area contributed by atoms with Crippen LogP contribution in [0, 0.1) is 0 Å². The van der Waals surface area contributed by atoms with Crippen molar-refractivity contribution in [2.24, 2.45) is 0 Å². The van der Waals surface area contributed by atoms with Gasteiger partial charge < -0.3 is 0 Å². The minimum absolute atomic E-state index is 0.729. The van der Waals surface area contributed by atoms with Crippen LogP contribution in [-0.4, -0.2) is 11.2 Å². The van der Waals surface area contributed by atoms with Gasteiger partial charge in [0.05, 0.1) is 0 Å². The largest absolute Gasteiger partial charge is 0.380 e. The topological polar surface area (TPSA) is 17.1 Å². The van der Waals surface area contributed by atoms with Crippen LogP contribution >= 0.6 is 11.6 Å². The minimum Gasteiger partial charge on any atom is -0.292 e. The van der Waals surface area contributed by atoms with Gasteiger partial charge in [0.2, 0.25) is 5.78 Å². The van der Waals surface area contributed by atoms with E-state index < -0.39 is 11.2 Å². The van der Waals surface area contributed by atoms with Crippen molar-refractivity contribution < 1.29 is 13.6 Å². The van der Waals surface area contributed by atoms with Gasteiger partial charge in [0.15, 0.2) is 0 Å². The number of halogens is 3. The summed E-state index contributed by atoms with van der Waals surface area (Å²) in [5, 5.41) is -3.67. The van der Waals surface area contributed by atoms with Crippen molar-refractivity contribution in [1.82, 2.24) is 0 Å². The number of ketones is 1. The summed E-state index contributed by atoms with van der Waals surface area (Å²) in [7, 11) is 0. The first-order valence-electron chi connectivity index (χ1n) is 1.52. The molecule has 0 spiro atoms. The van der Waals surface area contributed by atoms with Crippen LogP contribution in [0.3, 0.4) is 0 Å². The Labute approximate surface area is 44.3 Å². The third-order valence-electron chi connectivity index (χ3n) is 0.399. The van der Waals surface area contributed by atoms with Crippen LogP contribution in [-0.2, 0) is 4.79 Å². The maximum atomic E-state index is 11.3. The standard InChI is InChI=1S/C3H3ClF2O/c1-2(7)3(4,5)6/h1H3. The van der Waals surface area contributed by atoms with Crippen LogP contribution in [0.2, 0.25) is 0 Å². The Morgan fingerprint density at radius 1 is 1.71 bits per heavy atom. The highest BCUT2D eigenvalue weighted by atomic mass is 35.5. The van der Waals surface area contributed by atoms with E-state index in [2.05, 4.69) is 11.6 Å². The Balaban J connectivity index is 3.79. The van der Waals surface area contributed by atoms with Crippen molar-refractivity contribution in [3.63, 3.8) is 0 Å². The normalized spacial score (nSPS) is 11.4. The zero-order valence-electron chi connectivity index (χ0n) is 3.54. The van der Waals surface area contributed by atoms with Crippen LogP contribution in [0.5, 0.6) is 0 Å². The predicted molar refractivity (Wildman–Crippen MR) is 21.5 cm³/mol. The molecule has 0 N–H and O–H groups in total. The number of rotatable bonds is 1. The molecule has 0 aromatic rings. The fourth-order valence-electron chi connectivity index (χ4n) is 0. The van der Waals surface area contributed by atoms with Crippen LogP contribution in [0.1, 0.15) is 6.92 Å². The zero-order valence-corrected chi connectivity index (χ0v) is 4.30. The summed E-state index contributed by atoms with van der Waals surface area (Å²) in [6, 6.07) is 0. The maximum Gasteiger partial charge on any atom is 0.380 e. The fraction of sp³-hybridized carbons (Fsp3) is 0.667. The highest BCUT2D eigenvalue weighted by Gasteiger charge is 2.30. The average molecular weight is 129 g/mol. The van der Waals surface area contributed by atoms with Gasteiger partial charge in [0.25, 0.3) is 0 Å². The Morgan fingerprint density at radius 3 is 1.86 bits per heavy atom. The first-order chi connectivity index (χ1) is 2.94. The van der Waals surface area contributed by atoms with Gasteiger partial charge in [-0.05, 0) is 11.6 Å². The van der Waals surface area contributed by atoms with Gasteiger partial charge in [-0.2, -0.15) is 8.78 Å². The van der Waals surface area contributed by atoms with E-state index in [9.17, 15) is 13.6 Å². The lowest BCUT2D eigenvalue weighted by atomic mass is 10.5. The highest BCUT2D eigenvalue weighted by Crippen LogP contribution is 2.18. The molecule has 0 radical (unpaired) electrons. The number of hydrogen-bond acceptors (Lipinski definition) is 1. The number of hydrogen-bond donors (Lipinski definition) is 0. The molecule has 42 valence electrons. The molecule has 0 saturated heterocycles. The lowest BCUT2D eigenvalue weighted by Crippen LogP contribution is -2.16. The second-order valence-corrected chi connectivity index (χ2v) is 1.53. The summed E-state index contributed by atoms with van der Waals surface area (Å²) >= 11 is 4.19. The molecule has 0 fully saturated rings. The van der Waals surface area contributed by atoms with Crippen LogP contribution in [0.25, 0.3) is 0 Å². The number of carbonyl (C=O) groups excluding carboxylic acids is 1. The molecule has 0 aliphatic heterocycles. The first-order valence-corrected chi connectivity index (χ1v) is 1.90. The van der Waals surface area contributed by atoms with E-state index in [-0.39, 0.29) is 0 Å². The third kappa shape index (κ3) is 2.51. The minimum atomic E-state index is -3.67. The Kier molecular flexibility index (Phi) is 1.69. The van der Waals surface area contributed by atoms with Crippen molar-refractivity contribution in [3.8, 4) is 0 Å². The lowest BCUT2D eigenvalue weighted by molar-refractivity contribution is -0.130. The Bertz CT molecular complexity index is 85.4. The van der Waals surface area contributed by atoms with Gasteiger partial charge in [-0.1, -0.05) is 0 Å². The van der Waals surface area contributed by atoms with Crippen molar-refractivity contribution in [2.75, 3.05) is 0 Å². The van der Waals surface area contributed by atoms with E-state index in [0.29, 0.717) is 0 Å². The van der Waals surface area contributed by atoms with Gasteiger partial charge in [-0.3, -0.25) is 4.79 Å². The van der Waals surface area contributed by atoms with E-state index in [1.165, 1.54) is 0 Å². The van der Waals surface area contributed by atoms with Gasteiger partial charge in [-0.15, -0.1) is 0 Å². The first kappa shape index (κ1) is 6.82. The fourth-order valence-corrected chi connectivity index (χ4v) is 0. The summed E-state index contributed by atoms with van der Waals surface area (Å²) in [6.07, 6.45) is 0. The van der Waals surface area contributed by atoms with Crippen molar-refractivity contribution in [3.05, 3.63) is 0 Å². The van der Waals surface area contributed by atoms with Gasteiger partial charge in [0, 0.05) is 6.92 Å². The molecule has 0 unspecified atom stereocenters. The summed E-state index contributed by atoms with van der Waals surface area (Å²) < 4.78 is 22.5. The molecular weight excluding hydrogens is 125 g/mol. The monoisotopic (exact) mass is 128 g/mol. The molecule has 0 rings (SSSR count). The molecule has 0 aliphatic carbocycles. The molecule has 7 heavy (non-hydrogen) atoms. The lowest BCUT2D eigenvalue weighted by Gasteiger charge is -1.97. The van der Waals surface area contributed by atoms with Gasteiger partial charge in [0.1, 0.15) is 0 Å². The Hall–Kier alpha value is -0.180. The molecule has 0 aliphatic rings. The van der Waals surface area contributed by atoms with Crippen LogP contribution in [0.15, 0.2) is 0 Å². The smallest absolute Gasteiger partial charge is 0.292 e. The molecular formula is C3H3ClF2O. The predicted octanol–water partition coefficient (Wildman–Crippen LogP) is 1.41. The summed E-state index contributed by atoms with van der Waals surface area (Å²) in [4.78, 5) is 9.58. The molecule has 4 heteroatoms. The van der Waals surface area contributed by atoms with Crippen LogP contribution < -0.4 is 0 Å². The third-order valence-corrected chi connectivity index (χ3v) is 0.665. The molecule has 0 aromatic heterocycles. The van der Waals surface area contributed by atoms with Crippen molar-refractivity contribution in [1.29, 1.82) is 0 Å². The van der Waals surface area contributed by atoms with E-state index in [4.69, 9.17) is 0 Å².